The van der Waals surface area contributed by atoms with Gasteiger partial charge in [0.05, 0.1) is 0 Å². The first-order chi connectivity index (χ1) is 7.91. The van der Waals surface area contributed by atoms with Crippen LogP contribution in [0.4, 0.5) is 5.69 Å². The van der Waals surface area contributed by atoms with Crippen molar-refractivity contribution in [1.29, 1.82) is 0 Å². The molecular weight excluding hydrogens is 236 g/mol. The number of anilines is 1. The molecule has 0 fully saturated rings. The van der Waals surface area contributed by atoms with Crippen molar-refractivity contribution in [2.45, 2.75) is 33.1 Å². The molecule has 0 aromatic carbocycles. The smallest absolute Gasteiger partial charge is 0.286 e. The zero-order valence-electron chi connectivity index (χ0n) is 10.2. The molecule has 1 aromatic rings. The van der Waals surface area contributed by atoms with Gasteiger partial charge in [-0.2, -0.15) is 4.73 Å². The SMILES string of the molecule is CC1(C)CC=C(c2c(N)ccc(Cl)[n+]2[O-])CC1. The fourth-order valence-corrected chi connectivity index (χ4v) is 2.28. The van der Waals surface area contributed by atoms with Gasteiger partial charge in [-0.25, -0.2) is 0 Å². The van der Waals surface area contributed by atoms with E-state index in [2.05, 4.69) is 19.9 Å². The summed E-state index contributed by atoms with van der Waals surface area (Å²) in [5.74, 6) is 0. The molecule has 92 valence electrons. The molecule has 0 aliphatic heterocycles. The van der Waals surface area contributed by atoms with E-state index in [0.29, 0.717) is 16.8 Å². The fourth-order valence-electron chi connectivity index (χ4n) is 2.14. The molecule has 0 saturated heterocycles. The number of halogens is 1. The summed E-state index contributed by atoms with van der Waals surface area (Å²) in [5.41, 5.74) is 8.21. The van der Waals surface area contributed by atoms with Crippen molar-refractivity contribution in [3.8, 4) is 0 Å². The maximum Gasteiger partial charge on any atom is 0.286 e. The van der Waals surface area contributed by atoms with Crippen molar-refractivity contribution >= 4 is 22.9 Å². The maximum absolute atomic E-state index is 11.9. The number of hydrogen-bond donors (Lipinski definition) is 1. The second-order valence-corrected chi connectivity index (χ2v) is 5.74. The minimum absolute atomic E-state index is 0.167. The highest BCUT2D eigenvalue weighted by Crippen LogP contribution is 2.38. The lowest BCUT2D eigenvalue weighted by molar-refractivity contribution is -0.605. The summed E-state index contributed by atoms with van der Waals surface area (Å²) in [6.07, 6.45) is 5.01. The number of aromatic nitrogens is 1. The van der Waals surface area contributed by atoms with Crippen molar-refractivity contribution in [2.75, 3.05) is 5.73 Å². The number of hydrogen-bond acceptors (Lipinski definition) is 2. The number of allylic oxidation sites excluding steroid dienone is 2. The summed E-state index contributed by atoms with van der Waals surface area (Å²) in [6.45, 7) is 4.46. The predicted octanol–water partition coefficient (Wildman–Crippen LogP) is 3.15. The van der Waals surface area contributed by atoms with Gasteiger partial charge in [0.15, 0.2) is 0 Å². The predicted molar refractivity (Wildman–Crippen MR) is 70.4 cm³/mol. The Morgan fingerprint density at radius 1 is 1.41 bits per heavy atom. The second-order valence-electron chi connectivity index (χ2n) is 5.35. The van der Waals surface area contributed by atoms with Crippen LogP contribution >= 0.6 is 11.6 Å². The first-order valence-electron chi connectivity index (χ1n) is 5.78. The Morgan fingerprint density at radius 2 is 2.12 bits per heavy atom. The van der Waals surface area contributed by atoms with Crippen molar-refractivity contribution in [1.82, 2.24) is 0 Å². The molecule has 4 heteroatoms. The minimum atomic E-state index is 0.167. The van der Waals surface area contributed by atoms with Gasteiger partial charge in [0, 0.05) is 11.6 Å². The van der Waals surface area contributed by atoms with Crippen LogP contribution in [0.25, 0.3) is 5.57 Å². The summed E-state index contributed by atoms with van der Waals surface area (Å²) in [6, 6.07) is 3.22. The average Bonchev–Trinajstić information content (AvgIpc) is 2.26. The molecule has 2 N–H and O–H groups in total. The molecular formula is C13H17ClN2O. The molecule has 0 saturated carbocycles. The van der Waals surface area contributed by atoms with E-state index in [9.17, 15) is 5.21 Å². The standard InChI is InChI=1S/C13H17ClN2O/c1-13(2)7-5-9(6-8-13)12-10(15)3-4-11(14)16(12)17/h3-5H,6-8,15H2,1-2H3. The Balaban J connectivity index is 2.42. The van der Waals surface area contributed by atoms with E-state index in [4.69, 9.17) is 17.3 Å². The van der Waals surface area contributed by atoms with Crippen molar-refractivity contribution in [2.24, 2.45) is 5.41 Å². The first-order valence-corrected chi connectivity index (χ1v) is 6.15. The number of nitrogens with zero attached hydrogens (tertiary/aromatic N) is 1. The number of nitrogens with two attached hydrogens (primary N) is 1. The molecule has 0 bridgehead atoms. The summed E-state index contributed by atoms with van der Waals surface area (Å²) < 4.78 is 0.723. The lowest BCUT2D eigenvalue weighted by Crippen LogP contribution is -2.34. The minimum Gasteiger partial charge on any atom is -0.617 e. The van der Waals surface area contributed by atoms with Gasteiger partial charge in [-0.1, -0.05) is 19.9 Å². The van der Waals surface area contributed by atoms with Crippen LogP contribution in [0.1, 0.15) is 38.8 Å². The van der Waals surface area contributed by atoms with Gasteiger partial charge in [-0.3, -0.25) is 0 Å². The van der Waals surface area contributed by atoms with E-state index in [1.54, 1.807) is 6.07 Å². The molecule has 0 amide bonds. The van der Waals surface area contributed by atoms with E-state index < -0.39 is 0 Å². The highest BCUT2D eigenvalue weighted by Gasteiger charge is 2.27. The van der Waals surface area contributed by atoms with E-state index in [0.717, 1.165) is 29.6 Å². The van der Waals surface area contributed by atoms with Crippen LogP contribution in [0, 0.1) is 10.6 Å². The van der Waals surface area contributed by atoms with E-state index in [1.165, 1.54) is 6.07 Å². The first kappa shape index (κ1) is 12.2. The van der Waals surface area contributed by atoms with Gasteiger partial charge in [-0.05, 0) is 42.3 Å². The molecule has 17 heavy (non-hydrogen) atoms. The molecule has 0 atom stereocenters. The largest absolute Gasteiger partial charge is 0.617 e. The Labute approximate surface area is 106 Å². The van der Waals surface area contributed by atoms with Gasteiger partial charge >= 0.3 is 0 Å². The molecule has 0 spiro atoms. The molecule has 2 rings (SSSR count). The number of nitrogen functional groups attached to an aromatic ring is 1. The number of rotatable bonds is 1. The maximum atomic E-state index is 11.9. The van der Waals surface area contributed by atoms with Crippen LogP contribution in [0.2, 0.25) is 5.15 Å². The molecule has 0 unspecified atom stereocenters. The fraction of sp³-hybridized carbons (Fsp3) is 0.462. The molecule has 1 aliphatic rings. The molecule has 1 heterocycles. The average molecular weight is 253 g/mol. The zero-order valence-corrected chi connectivity index (χ0v) is 10.9. The summed E-state index contributed by atoms with van der Waals surface area (Å²) in [5, 5.41) is 12.1. The van der Waals surface area contributed by atoms with Gasteiger partial charge in [0.1, 0.15) is 5.69 Å². The van der Waals surface area contributed by atoms with Gasteiger partial charge in [0.25, 0.3) is 5.15 Å². The molecule has 3 nitrogen and oxygen atoms in total. The Hall–Kier alpha value is -1.22. The van der Waals surface area contributed by atoms with Crippen LogP contribution in [0.5, 0.6) is 0 Å². The molecule has 1 aromatic heterocycles. The van der Waals surface area contributed by atoms with Crippen molar-refractivity contribution < 1.29 is 4.73 Å². The van der Waals surface area contributed by atoms with Crippen molar-refractivity contribution in [3.63, 3.8) is 0 Å². The Morgan fingerprint density at radius 3 is 2.71 bits per heavy atom. The van der Waals surface area contributed by atoms with E-state index in [-0.39, 0.29) is 5.15 Å². The quantitative estimate of drug-likeness (QED) is 0.474. The number of pyridine rings is 1. The lowest BCUT2D eigenvalue weighted by Gasteiger charge is -2.28. The normalized spacial score (nSPS) is 18.9. The lowest BCUT2D eigenvalue weighted by atomic mass is 9.77. The Kier molecular flexibility index (Phi) is 3.04. The molecule has 1 aliphatic carbocycles. The highest BCUT2D eigenvalue weighted by molar-refractivity contribution is 6.28. The van der Waals surface area contributed by atoms with Gasteiger partial charge < -0.3 is 10.9 Å². The van der Waals surface area contributed by atoms with Gasteiger partial charge in [-0.15, -0.1) is 0 Å². The summed E-state index contributed by atoms with van der Waals surface area (Å²) in [4.78, 5) is 0. The summed E-state index contributed by atoms with van der Waals surface area (Å²) >= 11 is 5.83. The third kappa shape index (κ3) is 2.39. The van der Waals surface area contributed by atoms with Crippen LogP contribution in [0.15, 0.2) is 18.2 Å². The van der Waals surface area contributed by atoms with Gasteiger partial charge in [0.2, 0.25) is 5.69 Å². The topological polar surface area (TPSA) is 53.0 Å². The van der Waals surface area contributed by atoms with Crippen LogP contribution in [-0.2, 0) is 0 Å². The summed E-state index contributed by atoms with van der Waals surface area (Å²) in [7, 11) is 0. The third-order valence-corrected chi connectivity index (χ3v) is 3.63. The van der Waals surface area contributed by atoms with Crippen LogP contribution in [0.3, 0.4) is 0 Å². The van der Waals surface area contributed by atoms with Crippen LogP contribution in [-0.4, -0.2) is 0 Å². The Bertz CT molecular complexity index is 481. The zero-order chi connectivity index (χ0) is 12.6. The van der Waals surface area contributed by atoms with Crippen LogP contribution < -0.4 is 10.5 Å². The highest BCUT2D eigenvalue weighted by atomic mass is 35.5. The monoisotopic (exact) mass is 252 g/mol. The second kappa shape index (κ2) is 4.22. The third-order valence-electron chi connectivity index (χ3n) is 3.35. The van der Waals surface area contributed by atoms with Crippen molar-refractivity contribution in [3.05, 3.63) is 34.3 Å². The van der Waals surface area contributed by atoms with E-state index >= 15 is 0 Å². The molecule has 0 radical (unpaired) electrons. The van der Waals surface area contributed by atoms with E-state index in [1.807, 2.05) is 0 Å².